The molecule has 1 heterocycles. The Labute approximate surface area is 246 Å². The number of carbonyl (C=O) groups excluding carboxylic acids is 1. The van der Waals surface area contributed by atoms with Gasteiger partial charge < -0.3 is 23.4 Å². The van der Waals surface area contributed by atoms with Crippen LogP contribution < -0.4 is 15.1 Å². The third-order valence-corrected chi connectivity index (χ3v) is 13.0. The molecule has 4 rings (SSSR count). The van der Waals surface area contributed by atoms with Gasteiger partial charge in [0, 0.05) is 12.8 Å². The molecular formula is C34H44O6Si. The van der Waals surface area contributed by atoms with Crippen molar-refractivity contribution in [3.8, 4) is 5.75 Å². The van der Waals surface area contributed by atoms with Crippen LogP contribution in [0.15, 0.2) is 84.9 Å². The van der Waals surface area contributed by atoms with Gasteiger partial charge in [-0.15, -0.1) is 0 Å². The SMILES string of the molecule is COc1ccc(COC2C(C)[C@@H](OC(C)=O)C(CO[Si](c3ccccc3)(c3ccccc3)C(C)(C)C)O[C@H]2C)cc1. The smallest absolute Gasteiger partial charge is 0.303 e. The number of benzene rings is 3. The molecule has 0 radical (unpaired) electrons. The molecule has 0 spiro atoms. The van der Waals surface area contributed by atoms with E-state index in [9.17, 15) is 4.79 Å². The Balaban J connectivity index is 1.60. The maximum atomic E-state index is 12.3. The molecule has 220 valence electrons. The Morgan fingerprint density at radius 2 is 1.41 bits per heavy atom. The van der Waals surface area contributed by atoms with Crippen LogP contribution in [0.4, 0.5) is 0 Å². The molecule has 1 fully saturated rings. The lowest BCUT2D eigenvalue weighted by atomic mass is 9.87. The van der Waals surface area contributed by atoms with E-state index in [0.717, 1.165) is 11.3 Å². The second-order valence-corrected chi connectivity index (χ2v) is 16.2. The fourth-order valence-corrected chi connectivity index (χ4v) is 10.6. The van der Waals surface area contributed by atoms with Crippen molar-refractivity contribution in [3.63, 3.8) is 0 Å². The van der Waals surface area contributed by atoms with Crippen LogP contribution in [0.1, 0.15) is 47.1 Å². The molecule has 0 bridgehead atoms. The van der Waals surface area contributed by atoms with Crippen LogP contribution in [0.3, 0.4) is 0 Å². The summed E-state index contributed by atoms with van der Waals surface area (Å²) in [6.45, 7) is 13.0. The Kier molecular flexibility index (Phi) is 10.1. The maximum Gasteiger partial charge on any atom is 0.303 e. The fourth-order valence-electron chi connectivity index (χ4n) is 6.06. The average molecular weight is 577 g/mol. The third-order valence-electron chi connectivity index (χ3n) is 8.04. The van der Waals surface area contributed by atoms with E-state index >= 15 is 0 Å². The van der Waals surface area contributed by atoms with Crippen molar-refractivity contribution in [2.24, 2.45) is 5.92 Å². The van der Waals surface area contributed by atoms with Crippen molar-refractivity contribution >= 4 is 24.7 Å². The van der Waals surface area contributed by atoms with Crippen LogP contribution in [0.25, 0.3) is 0 Å². The van der Waals surface area contributed by atoms with Gasteiger partial charge in [0.2, 0.25) is 0 Å². The van der Waals surface area contributed by atoms with Gasteiger partial charge in [0.1, 0.15) is 18.0 Å². The van der Waals surface area contributed by atoms with Crippen LogP contribution >= 0.6 is 0 Å². The van der Waals surface area contributed by atoms with Crippen LogP contribution in [0.5, 0.6) is 5.75 Å². The minimum absolute atomic E-state index is 0.103. The molecule has 5 atom stereocenters. The van der Waals surface area contributed by atoms with Crippen molar-refractivity contribution in [3.05, 3.63) is 90.5 Å². The highest BCUT2D eigenvalue weighted by Crippen LogP contribution is 2.38. The molecule has 6 nitrogen and oxygen atoms in total. The zero-order valence-electron chi connectivity index (χ0n) is 25.3. The van der Waals surface area contributed by atoms with E-state index < -0.39 is 20.5 Å². The number of methoxy groups -OCH3 is 1. The predicted molar refractivity (Wildman–Crippen MR) is 164 cm³/mol. The second-order valence-electron chi connectivity index (χ2n) is 11.9. The fraction of sp³-hybridized carbons (Fsp3) is 0.441. The minimum Gasteiger partial charge on any atom is -0.497 e. The number of rotatable bonds is 10. The van der Waals surface area contributed by atoms with E-state index in [2.05, 4.69) is 76.2 Å². The largest absolute Gasteiger partial charge is 0.497 e. The van der Waals surface area contributed by atoms with E-state index in [1.54, 1.807) is 7.11 Å². The first kappa shape index (κ1) is 31.0. The summed E-state index contributed by atoms with van der Waals surface area (Å²) in [5.41, 5.74) is 1.03. The summed E-state index contributed by atoms with van der Waals surface area (Å²) in [7, 11) is -1.14. The third kappa shape index (κ3) is 6.92. The average Bonchev–Trinajstić information content (AvgIpc) is 2.95. The topological polar surface area (TPSA) is 63.2 Å². The highest BCUT2D eigenvalue weighted by molar-refractivity contribution is 6.99. The lowest BCUT2D eigenvalue weighted by Gasteiger charge is -2.47. The molecule has 1 saturated heterocycles. The van der Waals surface area contributed by atoms with Gasteiger partial charge in [-0.2, -0.15) is 0 Å². The van der Waals surface area contributed by atoms with Gasteiger partial charge in [0.05, 0.1) is 32.5 Å². The quantitative estimate of drug-likeness (QED) is 0.234. The first-order chi connectivity index (χ1) is 19.6. The molecule has 3 aromatic rings. The lowest BCUT2D eigenvalue weighted by Crippen LogP contribution is -2.68. The number of ether oxygens (including phenoxy) is 4. The van der Waals surface area contributed by atoms with Gasteiger partial charge in [0.15, 0.2) is 0 Å². The molecular weight excluding hydrogens is 532 g/mol. The van der Waals surface area contributed by atoms with Crippen molar-refractivity contribution < 1.29 is 28.2 Å². The molecule has 1 aliphatic rings. The van der Waals surface area contributed by atoms with E-state index in [1.807, 2.05) is 43.3 Å². The van der Waals surface area contributed by atoms with E-state index in [0.29, 0.717) is 13.2 Å². The Morgan fingerprint density at radius 3 is 1.90 bits per heavy atom. The molecule has 0 saturated carbocycles. The first-order valence-electron chi connectivity index (χ1n) is 14.4. The number of carbonyl (C=O) groups is 1. The molecule has 1 aliphatic heterocycles. The zero-order valence-corrected chi connectivity index (χ0v) is 26.3. The molecule has 7 heteroatoms. The standard InChI is InChI=1S/C34H44O6Si/c1-24-32(37-22-27-18-20-28(36-7)21-19-27)25(2)39-31(33(24)40-26(3)35)23-38-41(34(4,5)6,29-14-10-8-11-15-29)30-16-12-9-13-17-30/h8-21,24-25,31-33H,22-23H2,1-7H3/t24?,25-,31?,32?,33+/m0/s1. The minimum atomic E-state index is -2.79. The van der Waals surface area contributed by atoms with Crippen LogP contribution in [0.2, 0.25) is 5.04 Å². The summed E-state index contributed by atoms with van der Waals surface area (Å²) >= 11 is 0. The number of hydrogen-bond acceptors (Lipinski definition) is 6. The van der Waals surface area contributed by atoms with Crippen LogP contribution in [0, 0.1) is 5.92 Å². The summed E-state index contributed by atoms with van der Waals surface area (Å²) in [4.78, 5) is 12.3. The molecule has 0 amide bonds. The van der Waals surface area contributed by atoms with Gasteiger partial charge in [0.25, 0.3) is 8.32 Å². The Morgan fingerprint density at radius 1 is 0.854 bits per heavy atom. The normalized spacial score (nSPS) is 23.1. The van der Waals surface area contributed by atoms with Crippen LogP contribution in [-0.2, 0) is 30.0 Å². The summed E-state index contributed by atoms with van der Waals surface area (Å²) in [5, 5.41) is 2.21. The predicted octanol–water partition coefficient (Wildman–Crippen LogP) is 5.51. The monoisotopic (exact) mass is 576 g/mol. The summed E-state index contributed by atoms with van der Waals surface area (Å²) in [6.07, 6.45) is -1.43. The summed E-state index contributed by atoms with van der Waals surface area (Å²) in [6, 6.07) is 28.9. The molecule has 3 aromatic carbocycles. The molecule has 0 N–H and O–H groups in total. The van der Waals surface area contributed by atoms with Crippen molar-refractivity contribution in [2.45, 2.75) is 77.6 Å². The Hall–Kier alpha value is -2.97. The second kappa shape index (κ2) is 13.3. The van der Waals surface area contributed by atoms with Crippen molar-refractivity contribution in [1.29, 1.82) is 0 Å². The highest BCUT2D eigenvalue weighted by atomic mass is 28.4. The maximum absolute atomic E-state index is 12.3. The van der Waals surface area contributed by atoms with Gasteiger partial charge in [-0.25, -0.2) is 0 Å². The van der Waals surface area contributed by atoms with Crippen LogP contribution in [-0.4, -0.2) is 52.4 Å². The van der Waals surface area contributed by atoms with Crippen molar-refractivity contribution in [2.75, 3.05) is 13.7 Å². The van der Waals surface area contributed by atoms with E-state index in [1.165, 1.54) is 17.3 Å². The molecule has 41 heavy (non-hydrogen) atoms. The first-order valence-corrected chi connectivity index (χ1v) is 16.3. The number of hydrogen-bond donors (Lipinski definition) is 0. The highest BCUT2D eigenvalue weighted by Gasteiger charge is 2.52. The van der Waals surface area contributed by atoms with Gasteiger partial charge in [-0.05, 0) is 40.0 Å². The van der Waals surface area contributed by atoms with Gasteiger partial charge >= 0.3 is 5.97 Å². The Bertz CT molecular complexity index is 1200. The zero-order chi connectivity index (χ0) is 29.6. The van der Waals surface area contributed by atoms with E-state index in [4.69, 9.17) is 23.4 Å². The van der Waals surface area contributed by atoms with E-state index in [-0.39, 0.29) is 29.1 Å². The molecule has 0 aromatic heterocycles. The number of esters is 1. The van der Waals surface area contributed by atoms with Gasteiger partial charge in [-0.1, -0.05) is 100 Å². The summed E-state index contributed by atoms with van der Waals surface area (Å²) < 4.78 is 31.3. The molecule has 0 aliphatic carbocycles. The van der Waals surface area contributed by atoms with Crippen molar-refractivity contribution in [1.82, 2.24) is 0 Å². The molecule has 3 unspecified atom stereocenters. The summed E-state index contributed by atoms with van der Waals surface area (Å²) in [5.74, 6) is 0.355. The lowest BCUT2D eigenvalue weighted by molar-refractivity contribution is -0.225. The van der Waals surface area contributed by atoms with Gasteiger partial charge in [-0.3, -0.25) is 4.79 Å².